The Morgan fingerprint density at radius 3 is 2.29 bits per heavy atom. The fourth-order valence-corrected chi connectivity index (χ4v) is 6.59. The van der Waals surface area contributed by atoms with Crippen LogP contribution in [0.15, 0.2) is 78.9 Å². The van der Waals surface area contributed by atoms with E-state index in [1.165, 1.54) is 4.31 Å². The van der Waals surface area contributed by atoms with Crippen molar-refractivity contribution in [2.75, 3.05) is 17.1 Å². The first-order valence-corrected chi connectivity index (χ1v) is 16.8. The highest BCUT2D eigenvalue weighted by Crippen LogP contribution is 2.24. The van der Waals surface area contributed by atoms with Gasteiger partial charge in [-0.2, -0.15) is 0 Å². The van der Waals surface area contributed by atoms with Crippen molar-refractivity contribution in [3.8, 4) is 0 Å². The van der Waals surface area contributed by atoms with Crippen molar-refractivity contribution >= 4 is 39.1 Å². The molecule has 3 aromatic carbocycles. The summed E-state index contributed by atoms with van der Waals surface area (Å²) in [5.41, 5.74) is 3.46. The quantitative estimate of drug-likeness (QED) is 0.262. The molecule has 0 heterocycles. The second-order valence-corrected chi connectivity index (χ2v) is 13.5. The lowest BCUT2D eigenvalue weighted by Crippen LogP contribution is -2.52. The first-order chi connectivity index (χ1) is 20.1. The Balaban J connectivity index is 1.58. The van der Waals surface area contributed by atoms with Gasteiger partial charge in [0.05, 0.1) is 11.9 Å². The summed E-state index contributed by atoms with van der Waals surface area (Å²) < 4.78 is 26.5. The second-order valence-electron chi connectivity index (χ2n) is 11.1. The highest BCUT2D eigenvalue weighted by Gasteiger charge is 2.32. The van der Waals surface area contributed by atoms with Crippen LogP contribution < -0.4 is 9.62 Å². The lowest BCUT2D eigenvalue weighted by atomic mass is 10.0. The van der Waals surface area contributed by atoms with E-state index >= 15 is 0 Å². The fourth-order valence-electron chi connectivity index (χ4n) is 5.45. The van der Waals surface area contributed by atoms with Crippen LogP contribution in [0.1, 0.15) is 55.2 Å². The van der Waals surface area contributed by atoms with Crippen LogP contribution in [0.4, 0.5) is 5.69 Å². The number of carbonyl (C=O) groups is 2. The molecule has 1 aliphatic carbocycles. The van der Waals surface area contributed by atoms with Crippen molar-refractivity contribution in [2.24, 2.45) is 0 Å². The van der Waals surface area contributed by atoms with E-state index in [1.807, 2.05) is 61.5 Å². The Morgan fingerprint density at radius 2 is 1.64 bits per heavy atom. The Bertz CT molecular complexity index is 1440. The van der Waals surface area contributed by atoms with E-state index in [9.17, 15) is 18.0 Å². The molecule has 0 radical (unpaired) electrons. The minimum absolute atomic E-state index is 0.0838. The third-order valence-corrected chi connectivity index (χ3v) is 9.12. The maximum absolute atomic E-state index is 14.0. The van der Waals surface area contributed by atoms with Crippen molar-refractivity contribution in [1.82, 2.24) is 10.2 Å². The SMILES string of the molecule is Cc1ccc(CN(C(=O)CCCN(c2cccc(Cl)c2)S(C)(=O)=O)[C@H](Cc2ccccc2)C(=O)NC2CCCC2)cc1. The summed E-state index contributed by atoms with van der Waals surface area (Å²) in [5.74, 6) is -0.347. The van der Waals surface area contributed by atoms with Crippen molar-refractivity contribution in [2.45, 2.75) is 70.5 Å². The molecule has 1 N–H and O–H groups in total. The van der Waals surface area contributed by atoms with Gasteiger partial charge in [0.2, 0.25) is 21.8 Å². The molecule has 0 aliphatic heterocycles. The zero-order valence-corrected chi connectivity index (χ0v) is 25.9. The van der Waals surface area contributed by atoms with E-state index in [4.69, 9.17) is 11.6 Å². The van der Waals surface area contributed by atoms with E-state index in [1.54, 1.807) is 29.2 Å². The number of sulfonamides is 1. The van der Waals surface area contributed by atoms with Crippen LogP contribution in [0.25, 0.3) is 0 Å². The Morgan fingerprint density at radius 1 is 0.952 bits per heavy atom. The second kappa shape index (κ2) is 14.7. The molecule has 1 aliphatic rings. The molecule has 7 nitrogen and oxygen atoms in total. The van der Waals surface area contributed by atoms with Crippen LogP contribution in [-0.4, -0.2) is 50.0 Å². The molecule has 0 bridgehead atoms. The number of anilines is 1. The van der Waals surface area contributed by atoms with Gasteiger partial charge in [0.25, 0.3) is 0 Å². The van der Waals surface area contributed by atoms with Crippen molar-refractivity contribution in [3.63, 3.8) is 0 Å². The van der Waals surface area contributed by atoms with Crippen LogP contribution in [-0.2, 0) is 32.6 Å². The molecule has 0 spiro atoms. The summed E-state index contributed by atoms with van der Waals surface area (Å²) >= 11 is 6.12. The van der Waals surface area contributed by atoms with E-state index in [-0.39, 0.29) is 43.8 Å². The van der Waals surface area contributed by atoms with Crippen LogP contribution in [0.5, 0.6) is 0 Å². The minimum atomic E-state index is -3.60. The fraction of sp³-hybridized carbons (Fsp3) is 0.394. The first kappa shape index (κ1) is 31.6. The van der Waals surface area contributed by atoms with Gasteiger partial charge in [-0.1, -0.05) is 90.7 Å². The molecular weight excluding hydrogens is 570 g/mol. The third-order valence-electron chi connectivity index (χ3n) is 7.69. The number of aryl methyl sites for hydroxylation is 1. The lowest BCUT2D eigenvalue weighted by Gasteiger charge is -2.33. The number of hydrogen-bond donors (Lipinski definition) is 1. The molecule has 0 aromatic heterocycles. The number of benzene rings is 3. The van der Waals surface area contributed by atoms with Crippen molar-refractivity contribution in [1.29, 1.82) is 0 Å². The number of carbonyl (C=O) groups excluding carboxylic acids is 2. The van der Waals surface area contributed by atoms with Crippen LogP contribution >= 0.6 is 11.6 Å². The van der Waals surface area contributed by atoms with E-state index in [2.05, 4.69) is 5.32 Å². The predicted octanol–water partition coefficient (Wildman–Crippen LogP) is 5.89. The molecule has 0 saturated heterocycles. The summed E-state index contributed by atoms with van der Waals surface area (Å²) in [6.45, 7) is 2.40. The topological polar surface area (TPSA) is 86.8 Å². The first-order valence-electron chi connectivity index (χ1n) is 14.5. The molecule has 2 amide bonds. The molecule has 224 valence electrons. The smallest absolute Gasteiger partial charge is 0.243 e. The van der Waals surface area contributed by atoms with E-state index in [0.717, 1.165) is 48.6 Å². The van der Waals surface area contributed by atoms with Crippen molar-refractivity contribution in [3.05, 3.63) is 101 Å². The normalized spacial score (nSPS) is 14.4. The van der Waals surface area contributed by atoms with Gasteiger partial charge in [0, 0.05) is 37.0 Å². The number of halogens is 1. The predicted molar refractivity (Wildman–Crippen MR) is 169 cm³/mol. The number of rotatable bonds is 13. The summed E-state index contributed by atoms with van der Waals surface area (Å²) in [6, 6.07) is 23.8. The molecule has 1 saturated carbocycles. The minimum Gasteiger partial charge on any atom is -0.352 e. The van der Waals surface area contributed by atoms with Gasteiger partial charge in [0.15, 0.2) is 0 Å². The Hall–Kier alpha value is -3.36. The largest absolute Gasteiger partial charge is 0.352 e. The molecule has 9 heteroatoms. The zero-order valence-electron chi connectivity index (χ0n) is 24.3. The highest BCUT2D eigenvalue weighted by atomic mass is 35.5. The molecule has 4 rings (SSSR count). The van der Waals surface area contributed by atoms with Crippen LogP contribution in [0.2, 0.25) is 5.02 Å². The standard InChI is InChI=1S/C33H40ClN3O4S/c1-25-17-19-27(20-18-25)24-36(31(22-26-10-4-3-5-11-26)33(39)35-29-13-6-7-14-29)32(38)16-9-21-37(42(2,40)41)30-15-8-12-28(34)23-30/h3-5,8,10-12,15,17-20,23,29,31H,6-7,9,13-14,16,21-22,24H2,1-2H3,(H,35,39)/t31-/m1/s1. The number of hydrogen-bond acceptors (Lipinski definition) is 4. The Labute approximate surface area is 254 Å². The maximum Gasteiger partial charge on any atom is 0.243 e. The van der Waals surface area contributed by atoms with Gasteiger partial charge in [0.1, 0.15) is 6.04 Å². The van der Waals surface area contributed by atoms with E-state index in [0.29, 0.717) is 17.1 Å². The van der Waals surface area contributed by atoms with Gasteiger partial charge in [-0.05, 0) is 55.5 Å². The molecule has 0 unspecified atom stereocenters. The van der Waals surface area contributed by atoms with Gasteiger partial charge < -0.3 is 10.2 Å². The average Bonchev–Trinajstić information content (AvgIpc) is 3.47. The number of amides is 2. The summed E-state index contributed by atoms with van der Waals surface area (Å²) in [7, 11) is -3.60. The van der Waals surface area contributed by atoms with Crippen LogP contribution in [0, 0.1) is 6.92 Å². The highest BCUT2D eigenvalue weighted by molar-refractivity contribution is 7.92. The van der Waals surface area contributed by atoms with Gasteiger partial charge >= 0.3 is 0 Å². The molecule has 1 fully saturated rings. The Kier molecular flexibility index (Phi) is 11.0. The summed E-state index contributed by atoms with van der Waals surface area (Å²) in [4.78, 5) is 29.5. The number of nitrogens with zero attached hydrogens (tertiary/aromatic N) is 2. The number of nitrogens with one attached hydrogen (secondary N) is 1. The molecule has 3 aromatic rings. The molecular formula is C33H40ClN3O4S. The van der Waals surface area contributed by atoms with Gasteiger partial charge in [-0.3, -0.25) is 13.9 Å². The third kappa shape index (κ3) is 9.07. The van der Waals surface area contributed by atoms with Crippen molar-refractivity contribution < 1.29 is 18.0 Å². The van der Waals surface area contributed by atoms with Gasteiger partial charge in [-0.25, -0.2) is 8.42 Å². The summed E-state index contributed by atoms with van der Waals surface area (Å²) in [5, 5.41) is 3.65. The zero-order chi connectivity index (χ0) is 30.1. The van der Waals surface area contributed by atoms with E-state index < -0.39 is 16.1 Å². The lowest BCUT2D eigenvalue weighted by molar-refractivity contribution is -0.141. The summed E-state index contributed by atoms with van der Waals surface area (Å²) in [6.07, 6.45) is 5.96. The molecule has 42 heavy (non-hydrogen) atoms. The van der Waals surface area contributed by atoms with Gasteiger partial charge in [-0.15, -0.1) is 0 Å². The molecule has 1 atom stereocenters. The average molecular weight is 610 g/mol. The monoisotopic (exact) mass is 609 g/mol. The maximum atomic E-state index is 14.0. The van der Waals surface area contributed by atoms with Crippen LogP contribution in [0.3, 0.4) is 0 Å².